The third kappa shape index (κ3) is 4.94. The number of anilines is 2. The van der Waals surface area contributed by atoms with E-state index in [0.717, 1.165) is 0 Å². The number of nitrogens with one attached hydrogen (secondary N) is 2. The summed E-state index contributed by atoms with van der Waals surface area (Å²) in [6.07, 6.45) is 1.20. The maximum atomic E-state index is 12.3. The minimum atomic E-state index is -0.679. The highest BCUT2D eigenvalue weighted by molar-refractivity contribution is 6.07. The van der Waals surface area contributed by atoms with Crippen LogP contribution >= 0.6 is 0 Å². The minimum Gasteiger partial charge on any atom is -0.462 e. The maximum Gasteiger partial charge on any atom is 0.340 e. The van der Waals surface area contributed by atoms with E-state index >= 15 is 0 Å². The maximum absolute atomic E-state index is 12.3. The summed E-state index contributed by atoms with van der Waals surface area (Å²) in [4.78, 5) is 24.3. The van der Waals surface area contributed by atoms with Crippen molar-refractivity contribution in [2.75, 3.05) is 17.2 Å². The first-order valence-electron chi connectivity index (χ1n) is 8.04. The summed E-state index contributed by atoms with van der Waals surface area (Å²) in [5.74, 6) is -1.19. The zero-order valence-corrected chi connectivity index (χ0v) is 14.5. The molecule has 0 atom stereocenters. The fourth-order valence-corrected chi connectivity index (χ4v) is 2.17. The molecule has 1 amide bonds. The lowest BCUT2D eigenvalue weighted by molar-refractivity contribution is -0.112. The highest BCUT2D eigenvalue weighted by Gasteiger charge is 2.14. The topological polar surface area (TPSA) is 115 Å². The Morgan fingerprint density at radius 1 is 1.07 bits per heavy atom. The molecule has 0 aliphatic heterocycles. The van der Waals surface area contributed by atoms with Gasteiger partial charge in [-0.3, -0.25) is 4.79 Å². The molecule has 7 nitrogen and oxygen atoms in total. The monoisotopic (exact) mass is 360 g/mol. The Bertz CT molecular complexity index is 968. The summed E-state index contributed by atoms with van der Waals surface area (Å²) >= 11 is 0. The van der Waals surface area contributed by atoms with E-state index in [0.29, 0.717) is 11.4 Å². The molecule has 0 unspecified atom stereocenters. The van der Waals surface area contributed by atoms with Crippen LogP contribution in [0.25, 0.3) is 0 Å². The van der Waals surface area contributed by atoms with Crippen molar-refractivity contribution >= 4 is 23.3 Å². The normalized spacial score (nSPS) is 10.3. The fourth-order valence-electron chi connectivity index (χ4n) is 2.17. The number of hydrogen-bond acceptors (Lipinski definition) is 6. The quantitative estimate of drug-likeness (QED) is 0.464. The second kappa shape index (κ2) is 9.40. The molecule has 0 radical (unpaired) electrons. The third-order valence-electron chi connectivity index (χ3n) is 3.46. The van der Waals surface area contributed by atoms with Crippen LogP contribution in [0.5, 0.6) is 0 Å². The van der Waals surface area contributed by atoms with Gasteiger partial charge in [-0.05, 0) is 31.2 Å². The summed E-state index contributed by atoms with van der Waals surface area (Å²) in [6.45, 7) is 1.93. The number of carbonyl (C=O) groups excluding carboxylic acids is 2. The molecule has 0 fully saturated rings. The van der Waals surface area contributed by atoms with Crippen molar-refractivity contribution in [2.24, 2.45) is 0 Å². The molecule has 0 heterocycles. The number of amides is 1. The van der Waals surface area contributed by atoms with Crippen molar-refractivity contribution in [3.05, 3.63) is 71.4 Å². The molecule has 0 bridgehead atoms. The Morgan fingerprint density at radius 3 is 2.41 bits per heavy atom. The Balaban J connectivity index is 2.20. The molecule has 27 heavy (non-hydrogen) atoms. The molecule has 0 aromatic heterocycles. The fraction of sp³-hybridized carbons (Fsp3) is 0.100. The number of para-hydroxylation sites is 2. The van der Waals surface area contributed by atoms with Crippen molar-refractivity contribution < 1.29 is 14.3 Å². The lowest BCUT2D eigenvalue weighted by atomic mass is 10.1. The molecule has 134 valence electrons. The number of benzene rings is 2. The number of rotatable bonds is 6. The van der Waals surface area contributed by atoms with Gasteiger partial charge in [0.1, 0.15) is 17.7 Å². The van der Waals surface area contributed by atoms with Crippen LogP contribution in [-0.4, -0.2) is 18.5 Å². The van der Waals surface area contributed by atoms with Gasteiger partial charge in [-0.15, -0.1) is 0 Å². The Morgan fingerprint density at radius 2 is 1.74 bits per heavy atom. The summed E-state index contributed by atoms with van der Waals surface area (Å²) in [5.41, 5.74) is 1.04. The van der Waals surface area contributed by atoms with E-state index in [1.165, 1.54) is 6.20 Å². The van der Waals surface area contributed by atoms with Gasteiger partial charge in [-0.1, -0.05) is 24.3 Å². The zero-order chi connectivity index (χ0) is 19.6. The number of nitriles is 2. The van der Waals surface area contributed by atoms with Gasteiger partial charge in [0.15, 0.2) is 0 Å². The van der Waals surface area contributed by atoms with E-state index in [2.05, 4.69) is 10.6 Å². The van der Waals surface area contributed by atoms with E-state index in [4.69, 9.17) is 10.00 Å². The average molecular weight is 360 g/mol. The van der Waals surface area contributed by atoms with Crippen LogP contribution in [0.3, 0.4) is 0 Å². The summed E-state index contributed by atoms with van der Waals surface area (Å²) in [7, 11) is 0. The molecule has 2 N–H and O–H groups in total. The Hall–Kier alpha value is -4.10. The van der Waals surface area contributed by atoms with Crippen molar-refractivity contribution in [1.82, 2.24) is 0 Å². The van der Waals surface area contributed by atoms with E-state index < -0.39 is 11.9 Å². The van der Waals surface area contributed by atoms with Crippen LogP contribution < -0.4 is 10.6 Å². The number of esters is 1. The van der Waals surface area contributed by atoms with E-state index in [1.807, 2.05) is 6.07 Å². The lowest BCUT2D eigenvalue weighted by Gasteiger charge is -2.09. The zero-order valence-electron chi connectivity index (χ0n) is 14.5. The second-order valence-corrected chi connectivity index (χ2v) is 5.19. The highest BCUT2D eigenvalue weighted by Crippen LogP contribution is 2.18. The average Bonchev–Trinajstić information content (AvgIpc) is 2.69. The van der Waals surface area contributed by atoms with Gasteiger partial charge >= 0.3 is 5.97 Å². The van der Waals surface area contributed by atoms with Crippen molar-refractivity contribution in [3.63, 3.8) is 0 Å². The predicted molar refractivity (Wildman–Crippen MR) is 99.5 cm³/mol. The van der Waals surface area contributed by atoms with Crippen LogP contribution in [0.15, 0.2) is 60.3 Å². The molecule has 0 aliphatic carbocycles. The van der Waals surface area contributed by atoms with Gasteiger partial charge in [0.05, 0.1) is 29.1 Å². The van der Waals surface area contributed by atoms with Crippen LogP contribution in [0.1, 0.15) is 22.8 Å². The second-order valence-electron chi connectivity index (χ2n) is 5.19. The number of hydrogen-bond donors (Lipinski definition) is 2. The first kappa shape index (κ1) is 19.2. The number of ether oxygens (including phenoxy) is 1. The molecule has 0 aliphatic rings. The van der Waals surface area contributed by atoms with Crippen molar-refractivity contribution in [1.29, 1.82) is 10.5 Å². The summed E-state index contributed by atoms with van der Waals surface area (Å²) in [6, 6.07) is 16.8. The Kier molecular flexibility index (Phi) is 6.69. The Labute approximate surface area is 156 Å². The predicted octanol–water partition coefficient (Wildman–Crippen LogP) is 3.19. The van der Waals surface area contributed by atoms with E-state index in [9.17, 15) is 14.9 Å². The summed E-state index contributed by atoms with van der Waals surface area (Å²) < 4.78 is 4.98. The van der Waals surface area contributed by atoms with Crippen LogP contribution in [0.2, 0.25) is 0 Å². The molecule has 7 heteroatoms. The largest absolute Gasteiger partial charge is 0.462 e. The minimum absolute atomic E-state index is 0.221. The van der Waals surface area contributed by atoms with Crippen molar-refractivity contribution in [2.45, 2.75) is 6.92 Å². The van der Waals surface area contributed by atoms with Gasteiger partial charge in [0.2, 0.25) is 0 Å². The first-order chi connectivity index (χ1) is 13.1. The molecule has 2 aromatic carbocycles. The van der Waals surface area contributed by atoms with E-state index in [-0.39, 0.29) is 23.3 Å². The summed E-state index contributed by atoms with van der Waals surface area (Å²) in [5, 5.41) is 23.6. The number of nitrogens with zero attached hydrogens (tertiary/aromatic N) is 2. The van der Waals surface area contributed by atoms with Gasteiger partial charge < -0.3 is 15.4 Å². The van der Waals surface area contributed by atoms with Crippen LogP contribution in [-0.2, 0) is 9.53 Å². The smallest absolute Gasteiger partial charge is 0.340 e. The van der Waals surface area contributed by atoms with Gasteiger partial charge in [-0.25, -0.2) is 4.79 Å². The van der Waals surface area contributed by atoms with Crippen molar-refractivity contribution in [3.8, 4) is 12.1 Å². The highest BCUT2D eigenvalue weighted by atomic mass is 16.5. The molecular formula is C20H16N4O3. The molecule has 2 aromatic rings. The third-order valence-corrected chi connectivity index (χ3v) is 3.46. The van der Waals surface area contributed by atoms with Crippen LogP contribution in [0.4, 0.5) is 11.4 Å². The first-order valence-corrected chi connectivity index (χ1v) is 8.04. The number of carbonyl (C=O) groups is 2. The van der Waals surface area contributed by atoms with Gasteiger partial charge in [0, 0.05) is 6.20 Å². The standard InChI is InChI=1S/C20H16N4O3/c1-2-27-20(26)16-8-4-6-10-18(16)23-13-15(12-22)19(25)24-17-9-5-3-7-14(17)11-21/h3-10,13,23H,2H2,1H3,(H,24,25)/b15-13-. The van der Waals surface area contributed by atoms with Gasteiger partial charge in [0.25, 0.3) is 5.91 Å². The SMILES string of the molecule is CCOC(=O)c1ccccc1N/C=C(/C#N)C(=O)Nc1ccccc1C#N. The van der Waals surface area contributed by atoms with Crippen LogP contribution in [0, 0.1) is 22.7 Å². The van der Waals surface area contributed by atoms with Gasteiger partial charge in [-0.2, -0.15) is 10.5 Å². The molecule has 2 rings (SSSR count). The molecule has 0 spiro atoms. The molecule has 0 saturated carbocycles. The lowest BCUT2D eigenvalue weighted by Crippen LogP contribution is -2.15. The molecular weight excluding hydrogens is 344 g/mol. The molecule has 0 saturated heterocycles. The van der Waals surface area contributed by atoms with E-state index in [1.54, 1.807) is 61.5 Å².